The predicted molar refractivity (Wildman–Crippen MR) is 101 cm³/mol. The van der Waals surface area contributed by atoms with Gasteiger partial charge in [0, 0.05) is 35.0 Å². The van der Waals surface area contributed by atoms with Gasteiger partial charge >= 0.3 is 0 Å². The highest BCUT2D eigenvalue weighted by Crippen LogP contribution is 2.23. The van der Waals surface area contributed by atoms with E-state index in [1.54, 1.807) is 30.5 Å². The predicted octanol–water partition coefficient (Wildman–Crippen LogP) is 4.25. The molecule has 1 aromatic carbocycles. The van der Waals surface area contributed by atoms with E-state index < -0.39 is 0 Å². The molecule has 7 heteroatoms. The van der Waals surface area contributed by atoms with Crippen molar-refractivity contribution in [2.45, 2.75) is 26.1 Å². The van der Waals surface area contributed by atoms with Crippen LogP contribution in [0.25, 0.3) is 0 Å². The first-order valence-corrected chi connectivity index (χ1v) is 8.80. The maximum absolute atomic E-state index is 12.4. The van der Waals surface area contributed by atoms with Crippen LogP contribution in [0.4, 0.5) is 11.5 Å². The molecule has 1 saturated heterocycles. The van der Waals surface area contributed by atoms with E-state index >= 15 is 0 Å². The van der Waals surface area contributed by atoms with Crippen LogP contribution in [-0.2, 0) is 4.74 Å². The number of ether oxygens (including phenoxy) is 1. The Morgan fingerprint density at radius 2 is 1.80 bits per heavy atom. The van der Waals surface area contributed by atoms with Gasteiger partial charge in [-0.15, -0.1) is 0 Å². The number of anilines is 2. The molecule has 3 rings (SSSR count). The Morgan fingerprint density at radius 3 is 2.36 bits per heavy atom. The maximum atomic E-state index is 12.4. The number of morpholine rings is 1. The molecule has 132 valence electrons. The van der Waals surface area contributed by atoms with Crippen LogP contribution in [0.1, 0.15) is 24.2 Å². The number of carbonyl (C=O) groups is 1. The van der Waals surface area contributed by atoms with E-state index in [0.29, 0.717) is 21.3 Å². The second-order valence-corrected chi connectivity index (χ2v) is 7.05. The fourth-order valence-corrected chi connectivity index (χ4v) is 3.43. The normalized spacial score (nSPS) is 20.4. The molecule has 1 aliphatic rings. The fourth-order valence-electron chi connectivity index (χ4n) is 2.90. The third-order valence-electron chi connectivity index (χ3n) is 3.87. The number of pyridine rings is 1. The van der Waals surface area contributed by atoms with Crippen LogP contribution in [0.2, 0.25) is 10.0 Å². The zero-order valence-corrected chi connectivity index (χ0v) is 15.5. The highest BCUT2D eigenvalue weighted by Gasteiger charge is 2.23. The number of rotatable bonds is 3. The zero-order chi connectivity index (χ0) is 18.0. The van der Waals surface area contributed by atoms with Gasteiger partial charge in [-0.25, -0.2) is 4.98 Å². The molecule has 25 heavy (non-hydrogen) atoms. The lowest BCUT2D eigenvalue weighted by Gasteiger charge is -2.36. The van der Waals surface area contributed by atoms with E-state index in [0.717, 1.165) is 18.9 Å². The monoisotopic (exact) mass is 379 g/mol. The molecule has 0 spiro atoms. The SMILES string of the molecule is C[C@H]1CN(c2ccc(C(=O)Nc3cc(Cl)cc(Cl)c3)cn2)C[C@H](C)O1. The molecule has 2 atom stereocenters. The summed E-state index contributed by atoms with van der Waals surface area (Å²) in [7, 11) is 0. The van der Waals surface area contributed by atoms with Crippen molar-refractivity contribution in [3.8, 4) is 0 Å². The van der Waals surface area contributed by atoms with Gasteiger partial charge in [-0.3, -0.25) is 4.79 Å². The number of hydrogen-bond acceptors (Lipinski definition) is 4. The molecule has 0 unspecified atom stereocenters. The van der Waals surface area contributed by atoms with Crippen molar-refractivity contribution < 1.29 is 9.53 Å². The van der Waals surface area contributed by atoms with Crippen molar-refractivity contribution >= 4 is 40.6 Å². The van der Waals surface area contributed by atoms with Crippen molar-refractivity contribution in [2.75, 3.05) is 23.3 Å². The average molecular weight is 380 g/mol. The molecule has 1 aliphatic heterocycles. The van der Waals surface area contributed by atoms with Crippen LogP contribution < -0.4 is 10.2 Å². The minimum absolute atomic E-state index is 0.154. The third-order valence-corrected chi connectivity index (χ3v) is 4.31. The van der Waals surface area contributed by atoms with Crippen molar-refractivity contribution in [3.05, 3.63) is 52.1 Å². The molecular formula is C18H19Cl2N3O2. The van der Waals surface area contributed by atoms with E-state index in [9.17, 15) is 4.79 Å². The van der Waals surface area contributed by atoms with Gasteiger partial charge in [-0.2, -0.15) is 0 Å². The molecule has 0 radical (unpaired) electrons. The zero-order valence-electron chi connectivity index (χ0n) is 14.0. The summed E-state index contributed by atoms with van der Waals surface area (Å²) in [4.78, 5) is 18.9. The number of nitrogens with one attached hydrogen (secondary N) is 1. The van der Waals surface area contributed by atoms with Gasteiger partial charge in [0.25, 0.3) is 5.91 Å². The molecular weight excluding hydrogens is 361 g/mol. The molecule has 0 aliphatic carbocycles. The quantitative estimate of drug-likeness (QED) is 0.865. The van der Waals surface area contributed by atoms with Gasteiger partial charge in [0.05, 0.1) is 17.8 Å². The molecule has 0 saturated carbocycles. The molecule has 5 nitrogen and oxygen atoms in total. The number of hydrogen-bond donors (Lipinski definition) is 1. The number of carbonyl (C=O) groups excluding carboxylic acids is 1. The van der Waals surface area contributed by atoms with Gasteiger partial charge in [0.1, 0.15) is 5.82 Å². The standard InChI is InChI=1S/C18H19Cl2N3O2/c1-11-9-23(10-12(2)25-11)17-4-3-13(8-21-17)18(24)22-16-6-14(19)5-15(20)7-16/h3-8,11-12H,9-10H2,1-2H3,(H,22,24)/t11-,12-/m0/s1. The fraction of sp³-hybridized carbons (Fsp3) is 0.333. The van der Waals surface area contributed by atoms with Crippen LogP contribution in [-0.4, -0.2) is 36.2 Å². The molecule has 2 heterocycles. The number of nitrogens with zero attached hydrogens (tertiary/aromatic N) is 2. The van der Waals surface area contributed by atoms with E-state index in [4.69, 9.17) is 27.9 Å². The minimum atomic E-state index is -0.263. The van der Waals surface area contributed by atoms with E-state index in [1.165, 1.54) is 0 Å². The lowest BCUT2D eigenvalue weighted by Crippen LogP contribution is -2.45. The Morgan fingerprint density at radius 1 is 1.16 bits per heavy atom. The maximum Gasteiger partial charge on any atom is 0.257 e. The summed E-state index contributed by atoms with van der Waals surface area (Å²) in [5.41, 5.74) is 1.01. The second-order valence-electron chi connectivity index (χ2n) is 6.18. The molecule has 0 bridgehead atoms. The van der Waals surface area contributed by atoms with E-state index in [1.807, 2.05) is 19.9 Å². The van der Waals surface area contributed by atoms with Crippen LogP contribution in [0.15, 0.2) is 36.5 Å². The number of amides is 1. The van der Waals surface area contributed by atoms with Crippen molar-refractivity contribution in [2.24, 2.45) is 0 Å². The van der Waals surface area contributed by atoms with Crippen LogP contribution >= 0.6 is 23.2 Å². The minimum Gasteiger partial charge on any atom is -0.372 e. The Balaban J connectivity index is 1.70. The number of halogens is 2. The van der Waals surface area contributed by atoms with Gasteiger partial charge in [-0.1, -0.05) is 23.2 Å². The summed E-state index contributed by atoms with van der Waals surface area (Å²) >= 11 is 11.9. The van der Waals surface area contributed by atoms with E-state index in [2.05, 4.69) is 15.2 Å². The Hall–Kier alpha value is -1.82. The highest BCUT2D eigenvalue weighted by molar-refractivity contribution is 6.35. The molecule has 1 amide bonds. The Kier molecular flexibility index (Phi) is 5.47. The third kappa shape index (κ3) is 4.63. The Labute approximate surface area is 156 Å². The highest BCUT2D eigenvalue weighted by atomic mass is 35.5. The summed E-state index contributed by atoms with van der Waals surface area (Å²) in [6.45, 7) is 5.65. The summed E-state index contributed by atoms with van der Waals surface area (Å²) in [6, 6.07) is 8.51. The molecule has 2 aromatic rings. The van der Waals surface area contributed by atoms with Crippen LogP contribution in [0.5, 0.6) is 0 Å². The summed E-state index contributed by atoms with van der Waals surface area (Å²) in [5, 5.41) is 3.70. The molecule has 1 fully saturated rings. The van der Waals surface area contributed by atoms with Crippen LogP contribution in [0.3, 0.4) is 0 Å². The van der Waals surface area contributed by atoms with Crippen molar-refractivity contribution in [3.63, 3.8) is 0 Å². The average Bonchev–Trinajstić information content (AvgIpc) is 2.53. The van der Waals surface area contributed by atoms with Gasteiger partial charge in [0.2, 0.25) is 0 Å². The van der Waals surface area contributed by atoms with Gasteiger partial charge in [-0.05, 0) is 44.2 Å². The topological polar surface area (TPSA) is 54.5 Å². The summed E-state index contributed by atoms with van der Waals surface area (Å²) < 4.78 is 5.73. The summed E-state index contributed by atoms with van der Waals surface area (Å²) in [5.74, 6) is 0.574. The number of aromatic nitrogens is 1. The van der Waals surface area contributed by atoms with E-state index in [-0.39, 0.29) is 18.1 Å². The lowest BCUT2D eigenvalue weighted by atomic mass is 10.2. The van der Waals surface area contributed by atoms with Crippen molar-refractivity contribution in [1.82, 2.24) is 4.98 Å². The van der Waals surface area contributed by atoms with Crippen molar-refractivity contribution in [1.29, 1.82) is 0 Å². The molecule has 1 N–H and O–H groups in total. The Bertz CT molecular complexity index is 737. The first-order chi connectivity index (χ1) is 11.9. The smallest absolute Gasteiger partial charge is 0.257 e. The first-order valence-electron chi connectivity index (χ1n) is 8.04. The largest absolute Gasteiger partial charge is 0.372 e. The van der Waals surface area contributed by atoms with Gasteiger partial charge in [0.15, 0.2) is 0 Å². The van der Waals surface area contributed by atoms with Crippen LogP contribution in [0, 0.1) is 0 Å². The van der Waals surface area contributed by atoms with Gasteiger partial charge < -0.3 is 15.0 Å². The number of benzene rings is 1. The molecule has 1 aromatic heterocycles. The second kappa shape index (κ2) is 7.60. The first kappa shape index (κ1) is 18.0. The lowest BCUT2D eigenvalue weighted by molar-refractivity contribution is -0.00546. The summed E-state index contributed by atoms with van der Waals surface area (Å²) in [6.07, 6.45) is 1.88.